The van der Waals surface area contributed by atoms with Crippen molar-refractivity contribution in [2.24, 2.45) is 0 Å². The first kappa shape index (κ1) is 14.3. The SMILES string of the molecule is O=c1[nH]c(C2CSCCS2)nc(C2CCCC2)c1I. The van der Waals surface area contributed by atoms with E-state index in [-0.39, 0.29) is 5.56 Å². The predicted octanol–water partition coefficient (Wildman–Crippen LogP) is 3.55. The number of hydrogen-bond acceptors (Lipinski definition) is 4. The number of hydrogen-bond donors (Lipinski definition) is 1. The largest absolute Gasteiger partial charge is 0.309 e. The van der Waals surface area contributed by atoms with Crippen molar-refractivity contribution >= 4 is 46.1 Å². The van der Waals surface area contributed by atoms with Crippen LogP contribution in [0, 0.1) is 3.57 Å². The maximum absolute atomic E-state index is 12.1. The van der Waals surface area contributed by atoms with Gasteiger partial charge in [-0.3, -0.25) is 4.79 Å². The van der Waals surface area contributed by atoms with Gasteiger partial charge in [-0.15, -0.1) is 11.8 Å². The van der Waals surface area contributed by atoms with E-state index in [1.165, 1.54) is 31.4 Å². The summed E-state index contributed by atoms with van der Waals surface area (Å²) in [6.45, 7) is 0. The van der Waals surface area contributed by atoms with Gasteiger partial charge in [0, 0.05) is 23.2 Å². The Kier molecular flexibility index (Phi) is 4.79. The van der Waals surface area contributed by atoms with Crippen molar-refractivity contribution in [1.29, 1.82) is 0 Å². The molecule has 2 aliphatic rings. The molecule has 0 radical (unpaired) electrons. The summed E-state index contributed by atoms with van der Waals surface area (Å²) in [6.07, 6.45) is 4.94. The number of aromatic amines is 1. The van der Waals surface area contributed by atoms with E-state index in [1.807, 2.05) is 23.5 Å². The highest BCUT2D eigenvalue weighted by Crippen LogP contribution is 2.37. The molecule has 19 heavy (non-hydrogen) atoms. The summed E-state index contributed by atoms with van der Waals surface area (Å²) in [5.74, 6) is 4.85. The van der Waals surface area contributed by atoms with Crippen molar-refractivity contribution in [3.05, 3.63) is 25.4 Å². The van der Waals surface area contributed by atoms with Crippen molar-refractivity contribution in [2.75, 3.05) is 17.3 Å². The van der Waals surface area contributed by atoms with Crippen LogP contribution in [-0.4, -0.2) is 27.2 Å². The molecular formula is C13H17IN2OS2. The molecule has 3 nitrogen and oxygen atoms in total. The second-order valence-electron chi connectivity index (χ2n) is 5.07. The monoisotopic (exact) mass is 408 g/mol. The first-order chi connectivity index (χ1) is 9.25. The van der Waals surface area contributed by atoms with Gasteiger partial charge in [0.05, 0.1) is 14.5 Å². The lowest BCUT2D eigenvalue weighted by molar-refractivity contribution is 0.674. The summed E-state index contributed by atoms with van der Waals surface area (Å²) in [5.41, 5.74) is 1.12. The van der Waals surface area contributed by atoms with Crippen LogP contribution < -0.4 is 5.56 Å². The van der Waals surface area contributed by atoms with Gasteiger partial charge in [0.2, 0.25) is 0 Å². The van der Waals surface area contributed by atoms with Crippen LogP contribution in [0.1, 0.15) is 48.4 Å². The van der Waals surface area contributed by atoms with E-state index in [1.54, 1.807) is 0 Å². The number of H-pyrrole nitrogens is 1. The quantitative estimate of drug-likeness (QED) is 0.761. The topological polar surface area (TPSA) is 45.8 Å². The number of rotatable bonds is 2. The van der Waals surface area contributed by atoms with Gasteiger partial charge in [-0.2, -0.15) is 11.8 Å². The van der Waals surface area contributed by atoms with Crippen LogP contribution in [-0.2, 0) is 0 Å². The highest BCUT2D eigenvalue weighted by Gasteiger charge is 2.25. The highest BCUT2D eigenvalue weighted by molar-refractivity contribution is 14.1. The molecule has 1 aromatic rings. The van der Waals surface area contributed by atoms with Crippen LogP contribution in [0.5, 0.6) is 0 Å². The molecule has 0 aromatic carbocycles. The molecule has 0 bridgehead atoms. The third-order valence-corrected chi connectivity index (χ3v) is 7.58. The highest BCUT2D eigenvalue weighted by atomic mass is 127. The van der Waals surface area contributed by atoms with Gasteiger partial charge >= 0.3 is 0 Å². The molecular weight excluding hydrogens is 391 g/mol. The molecule has 1 unspecified atom stereocenters. The number of halogens is 1. The lowest BCUT2D eigenvalue weighted by Crippen LogP contribution is -2.22. The predicted molar refractivity (Wildman–Crippen MR) is 91.3 cm³/mol. The molecule has 1 saturated heterocycles. The van der Waals surface area contributed by atoms with E-state index in [0.717, 1.165) is 26.6 Å². The van der Waals surface area contributed by atoms with Gasteiger partial charge in [-0.1, -0.05) is 12.8 Å². The molecule has 1 aromatic heterocycles. The van der Waals surface area contributed by atoms with Gasteiger partial charge in [0.25, 0.3) is 5.56 Å². The maximum atomic E-state index is 12.1. The molecule has 104 valence electrons. The fraction of sp³-hybridized carbons (Fsp3) is 0.692. The molecule has 1 aliphatic heterocycles. The smallest absolute Gasteiger partial charge is 0.264 e. The molecule has 0 spiro atoms. The normalized spacial score (nSPS) is 24.8. The number of thioether (sulfide) groups is 2. The van der Waals surface area contributed by atoms with Crippen molar-refractivity contribution in [3.8, 4) is 0 Å². The van der Waals surface area contributed by atoms with E-state index in [4.69, 9.17) is 4.98 Å². The Labute approximate surface area is 135 Å². The van der Waals surface area contributed by atoms with Gasteiger partial charge in [0.15, 0.2) is 0 Å². The van der Waals surface area contributed by atoms with Crippen molar-refractivity contribution in [2.45, 2.75) is 36.9 Å². The van der Waals surface area contributed by atoms with Crippen LogP contribution >= 0.6 is 46.1 Å². The lowest BCUT2D eigenvalue weighted by atomic mass is 10.0. The molecule has 1 saturated carbocycles. The Morgan fingerprint density at radius 2 is 2.05 bits per heavy atom. The maximum Gasteiger partial charge on any atom is 0.264 e. The molecule has 2 heterocycles. The van der Waals surface area contributed by atoms with E-state index in [2.05, 4.69) is 27.6 Å². The summed E-state index contributed by atoms with van der Waals surface area (Å²) in [4.78, 5) is 20.0. The Hall–Kier alpha value is 0.310. The Balaban J connectivity index is 1.94. The summed E-state index contributed by atoms with van der Waals surface area (Å²) in [5, 5.41) is 0.364. The minimum atomic E-state index is 0.0590. The minimum absolute atomic E-state index is 0.0590. The van der Waals surface area contributed by atoms with Crippen molar-refractivity contribution in [1.82, 2.24) is 9.97 Å². The van der Waals surface area contributed by atoms with Crippen LogP contribution in [0.4, 0.5) is 0 Å². The van der Waals surface area contributed by atoms with E-state index in [9.17, 15) is 4.79 Å². The van der Waals surface area contributed by atoms with Gasteiger partial charge in [-0.25, -0.2) is 4.98 Å². The number of nitrogens with one attached hydrogen (secondary N) is 1. The standard InChI is InChI=1S/C13H17IN2OS2/c14-10-11(8-3-1-2-4-8)15-12(16-13(10)17)9-7-18-5-6-19-9/h8-9H,1-7H2,(H,15,16,17). The number of nitrogens with zero attached hydrogens (tertiary/aromatic N) is 1. The van der Waals surface area contributed by atoms with Gasteiger partial charge in [0.1, 0.15) is 5.82 Å². The van der Waals surface area contributed by atoms with Crippen LogP contribution in [0.25, 0.3) is 0 Å². The minimum Gasteiger partial charge on any atom is -0.309 e. The number of aromatic nitrogens is 2. The summed E-state index contributed by atoms with van der Waals surface area (Å²) in [6, 6.07) is 0. The van der Waals surface area contributed by atoms with E-state index in [0.29, 0.717) is 11.2 Å². The van der Waals surface area contributed by atoms with Crippen LogP contribution in [0.3, 0.4) is 0 Å². The van der Waals surface area contributed by atoms with Crippen LogP contribution in [0.2, 0.25) is 0 Å². The second-order valence-corrected chi connectivity index (χ2v) is 8.61. The van der Waals surface area contributed by atoms with E-state index >= 15 is 0 Å². The zero-order chi connectivity index (χ0) is 13.2. The van der Waals surface area contributed by atoms with Crippen molar-refractivity contribution < 1.29 is 0 Å². The Morgan fingerprint density at radius 1 is 1.26 bits per heavy atom. The fourth-order valence-corrected chi connectivity index (χ4v) is 6.08. The van der Waals surface area contributed by atoms with Crippen LogP contribution in [0.15, 0.2) is 4.79 Å². The summed E-state index contributed by atoms with van der Waals surface area (Å²) >= 11 is 6.05. The van der Waals surface area contributed by atoms with Crippen molar-refractivity contribution in [3.63, 3.8) is 0 Å². The fourth-order valence-electron chi connectivity index (χ4n) is 2.76. The Morgan fingerprint density at radius 3 is 2.74 bits per heavy atom. The average molecular weight is 408 g/mol. The Bertz CT molecular complexity index is 508. The molecule has 2 fully saturated rings. The summed E-state index contributed by atoms with van der Waals surface area (Å²) in [7, 11) is 0. The first-order valence-corrected chi connectivity index (χ1v) is 10.0. The third kappa shape index (κ3) is 3.15. The zero-order valence-electron chi connectivity index (χ0n) is 10.7. The zero-order valence-corrected chi connectivity index (χ0v) is 14.4. The van der Waals surface area contributed by atoms with Gasteiger partial charge < -0.3 is 4.98 Å². The molecule has 1 atom stereocenters. The van der Waals surface area contributed by atoms with E-state index < -0.39 is 0 Å². The third-order valence-electron chi connectivity index (χ3n) is 3.77. The summed E-state index contributed by atoms with van der Waals surface area (Å²) < 4.78 is 0.807. The molecule has 0 amide bonds. The molecule has 6 heteroatoms. The molecule has 1 N–H and O–H groups in total. The molecule has 1 aliphatic carbocycles. The van der Waals surface area contributed by atoms with Gasteiger partial charge in [-0.05, 0) is 35.4 Å². The molecule has 3 rings (SSSR count). The average Bonchev–Trinajstić information content (AvgIpc) is 2.96. The first-order valence-electron chi connectivity index (χ1n) is 6.74. The second kappa shape index (κ2) is 6.39. The lowest BCUT2D eigenvalue weighted by Gasteiger charge is -2.21.